The Balaban J connectivity index is 2.15. The highest BCUT2D eigenvalue weighted by Gasteiger charge is 2.46. The molecule has 1 aliphatic rings. The predicted octanol–water partition coefficient (Wildman–Crippen LogP) is 1.56. The van der Waals surface area contributed by atoms with E-state index in [1.807, 2.05) is 6.92 Å². The molecule has 1 aliphatic carbocycles. The molecule has 4 nitrogen and oxygen atoms in total. The van der Waals surface area contributed by atoms with Gasteiger partial charge in [-0.05, 0) is 19.8 Å². The van der Waals surface area contributed by atoms with Crippen LogP contribution in [0.3, 0.4) is 0 Å². The van der Waals surface area contributed by atoms with Gasteiger partial charge in [-0.15, -0.1) is 0 Å². The van der Waals surface area contributed by atoms with Crippen LogP contribution in [0.1, 0.15) is 18.5 Å². The largest absolute Gasteiger partial charge is 0.387 e. The number of aromatic nitrogens is 2. The van der Waals surface area contributed by atoms with Crippen molar-refractivity contribution in [1.82, 2.24) is 9.78 Å². The first kappa shape index (κ1) is 9.52. The van der Waals surface area contributed by atoms with Gasteiger partial charge >= 0.3 is 0 Å². The fraction of sp³-hybridized carbons (Fsp3) is 0.556. The van der Waals surface area contributed by atoms with Crippen LogP contribution in [0.15, 0.2) is 6.20 Å². The SMILES string of the molecule is Cc1nn(CC2(C(=N)N)CC2)cc1Cl. The Hall–Kier alpha value is -1.03. The van der Waals surface area contributed by atoms with Crippen LogP contribution in [-0.2, 0) is 6.54 Å². The summed E-state index contributed by atoms with van der Waals surface area (Å²) in [7, 11) is 0. The lowest BCUT2D eigenvalue weighted by Gasteiger charge is -2.12. The normalized spacial score (nSPS) is 18.1. The number of nitrogens with two attached hydrogens (primary N) is 1. The van der Waals surface area contributed by atoms with Gasteiger partial charge in [0, 0.05) is 11.6 Å². The first-order valence-corrected chi connectivity index (χ1v) is 4.95. The third-order valence-electron chi connectivity index (χ3n) is 2.78. The lowest BCUT2D eigenvalue weighted by molar-refractivity contribution is 0.494. The van der Waals surface area contributed by atoms with E-state index >= 15 is 0 Å². The minimum atomic E-state index is -0.137. The summed E-state index contributed by atoms with van der Waals surface area (Å²) in [5.41, 5.74) is 6.22. The highest BCUT2D eigenvalue weighted by Crippen LogP contribution is 2.46. The number of nitrogens with one attached hydrogen (secondary N) is 1. The second-order valence-electron chi connectivity index (χ2n) is 3.95. The molecule has 1 aromatic rings. The van der Waals surface area contributed by atoms with E-state index in [2.05, 4.69) is 5.10 Å². The van der Waals surface area contributed by atoms with Crippen molar-refractivity contribution >= 4 is 17.4 Å². The molecule has 1 fully saturated rings. The van der Waals surface area contributed by atoms with Crippen LogP contribution in [0.4, 0.5) is 0 Å². The van der Waals surface area contributed by atoms with E-state index in [9.17, 15) is 0 Å². The number of halogens is 1. The number of hydrogen-bond donors (Lipinski definition) is 2. The van der Waals surface area contributed by atoms with Gasteiger partial charge in [0.1, 0.15) is 0 Å². The van der Waals surface area contributed by atoms with Crippen LogP contribution in [0.25, 0.3) is 0 Å². The molecule has 0 atom stereocenters. The van der Waals surface area contributed by atoms with Crippen LogP contribution < -0.4 is 5.73 Å². The zero-order valence-corrected chi connectivity index (χ0v) is 8.80. The maximum Gasteiger partial charge on any atom is 0.0987 e. The molecule has 3 N–H and O–H groups in total. The Labute approximate surface area is 87.6 Å². The van der Waals surface area contributed by atoms with Crippen LogP contribution in [-0.4, -0.2) is 15.6 Å². The Morgan fingerprint density at radius 2 is 2.43 bits per heavy atom. The van der Waals surface area contributed by atoms with Gasteiger partial charge in [0.15, 0.2) is 0 Å². The van der Waals surface area contributed by atoms with E-state index in [0.29, 0.717) is 11.6 Å². The number of nitrogens with zero attached hydrogens (tertiary/aromatic N) is 2. The lowest BCUT2D eigenvalue weighted by Crippen LogP contribution is -2.28. The summed E-state index contributed by atoms with van der Waals surface area (Å²) in [5, 5.41) is 12.4. The third kappa shape index (κ3) is 1.50. The number of aryl methyl sites for hydroxylation is 1. The van der Waals surface area contributed by atoms with Crippen LogP contribution in [0, 0.1) is 17.7 Å². The molecule has 0 amide bonds. The molecule has 1 heterocycles. The summed E-state index contributed by atoms with van der Waals surface area (Å²) in [5.74, 6) is 0.266. The van der Waals surface area contributed by atoms with Gasteiger partial charge in [0.25, 0.3) is 0 Å². The summed E-state index contributed by atoms with van der Waals surface area (Å²) in [6.45, 7) is 2.54. The summed E-state index contributed by atoms with van der Waals surface area (Å²) < 4.78 is 1.78. The monoisotopic (exact) mass is 212 g/mol. The van der Waals surface area contributed by atoms with E-state index < -0.39 is 0 Å². The Morgan fingerprint density at radius 1 is 1.79 bits per heavy atom. The first-order chi connectivity index (χ1) is 6.53. The standard InChI is InChI=1S/C9H13ClN4/c1-6-7(10)4-14(13-6)5-9(2-3-9)8(11)12/h4H,2-3,5H2,1H3,(H3,11,12). The maximum atomic E-state index is 7.47. The highest BCUT2D eigenvalue weighted by molar-refractivity contribution is 6.31. The van der Waals surface area contributed by atoms with Crippen LogP contribution in [0.5, 0.6) is 0 Å². The van der Waals surface area contributed by atoms with Crippen molar-refractivity contribution in [2.75, 3.05) is 0 Å². The third-order valence-corrected chi connectivity index (χ3v) is 3.15. The predicted molar refractivity (Wildman–Crippen MR) is 55.6 cm³/mol. The molecule has 0 bridgehead atoms. The van der Waals surface area contributed by atoms with Crippen molar-refractivity contribution in [3.8, 4) is 0 Å². The van der Waals surface area contributed by atoms with Gasteiger partial charge in [0.2, 0.25) is 0 Å². The molecule has 0 aliphatic heterocycles. The average molecular weight is 213 g/mol. The van der Waals surface area contributed by atoms with Gasteiger partial charge in [-0.25, -0.2) is 0 Å². The van der Waals surface area contributed by atoms with Crippen molar-refractivity contribution < 1.29 is 0 Å². The molecule has 2 rings (SSSR count). The van der Waals surface area contributed by atoms with Gasteiger partial charge in [-0.3, -0.25) is 10.1 Å². The van der Waals surface area contributed by atoms with Crippen LogP contribution in [0.2, 0.25) is 5.02 Å². The molecule has 0 aromatic carbocycles. The molecule has 1 saturated carbocycles. The second kappa shape index (κ2) is 2.98. The van der Waals surface area contributed by atoms with E-state index in [1.54, 1.807) is 10.9 Å². The lowest BCUT2D eigenvalue weighted by atomic mass is 10.1. The summed E-state index contributed by atoms with van der Waals surface area (Å²) in [6.07, 6.45) is 3.76. The molecule has 0 radical (unpaired) electrons. The summed E-state index contributed by atoms with van der Waals surface area (Å²) in [6, 6.07) is 0. The number of hydrogen-bond acceptors (Lipinski definition) is 2. The molecule has 0 unspecified atom stereocenters. The van der Waals surface area contributed by atoms with Crippen LogP contribution >= 0.6 is 11.6 Å². The van der Waals surface area contributed by atoms with E-state index in [-0.39, 0.29) is 11.3 Å². The van der Waals surface area contributed by atoms with E-state index in [0.717, 1.165) is 18.5 Å². The molecular weight excluding hydrogens is 200 g/mol. The maximum absolute atomic E-state index is 7.47. The Kier molecular flexibility index (Phi) is 2.03. The minimum Gasteiger partial charge on any atom is -0.387 e. The molecule has 0 spiro atoms. The number of amidine groups is 1. The van der Waals surface area contributed by atoms with Gasteiger partial charge < -0.3 is 5.73 Å². The molecule has 5 heteroatoms. The van der Waals surface area contributed by atoms with Crippen molar-refractivity contribution in [2.45, 2.75) is 26.3 Å². The molecule has 1 aromatic heterocycles. The fourth-order valence-corrected chi connectivity index (χ4v) is 1.70. The smallest absolute Gasteiger partial charge is 0.0987 e. The highest BCUT2D eigenvalue weighted by atomic mass is 35.5. The van der Waals surface area contributed by atoms with Crippen molar-refractivity contribution in [2.24, 2.45) is 11.1 Å². The van der Waals surface area contributed by atoms with Crippen molar-refractivity contribution in [1.29, 1.82) is 5.41 Å². The second-order valence-corrected chi connectivity index (χ2v) is 4.36. The molecule has 0 saturated heterocycles. The summed E-state index contributed by atoms with van der Waals surface area (Å²) in [4.78, 5) is 0. The Morgan fingerprint density at radius 3 is 2.79 bits per heavy atom. The zero-order chi connectivity index (χ0) is 10.3. The van der Waals surface area contributed by atoms with Gasteiger partial charge in [-0.1, -0.05) is 11.6 Å². The molecular formula is C9H13ClN4. The fourth-order valence-electron chi connectivity index (χ4n) is 1.55. The van der Waals surface area contributed by atoms with Gasteiger partial charge in [-0.2, -0.15) is 5.10 Å². The van der Waals surface area contributed by atoms with Gasteiger partial charge in [0.05, 0.1) is 23.1 Å². The minimum absolute atomic E-state index is 0.137. The molecule has 76 valence electrons. The van der Waals surface area contributed by atoms with E-state index in [1.165, 1.54) is 0 Å². The molecule has 14 heavy (non-hydrogen) atoms. The number of rotatable bonds is 3. The topological polar surface area (TPSA) is 67.7 Å². The average Bonchev–Trinajstić information content (AvgIpc) is 2.78. The quantitative estimate of drug-likeness (QED) is 0.590. The summed E-state index contributed by atoms with van der Waals surface area (Å²) >= 11 is 5.89. The first-order valence-electron chi connectivity index (χ1n) is 4.58. The Bertz CT molecular complexity index is 359. The van der Waals surface area contributed by atoms with E-state index in [4.69, 9.17) is 22.7 Å². The van der Waals surface area contributed by atoms with Crippen molar-refractivity contribution in [3.05, 3.63) is 16.9 Å². The zero-order valence-electron chi connectivity index (χ0n) is 8.05. The van der Waals surface area contributed by atoms with Crippen molar-refractivity contribution in [3.63, 3.8) is 0 Å².